The van der Waals surface area contributed by atoms with Crippen molar-refractivity contribution >= 4 is 27.5 Å². The highest BCUT2D eigenvalue weighted by molar-refractivity contribution is 7.89. The van der Waals surface area contributed by atoms with Gasteiger partial charge < -0.3 is 10.2 Å². The number of carbonyl (C=O) groups is 2. The minimum absolute atomic E-state index is 0.0618. The Hall–Kier alpha value is -1.93. The van der Waals surface area contributed by atoms with E-state index in [4.69, 9.17) is 0 Å². The number of hydrogen-bond donors (Lipinski definition) is 2. The van der Waals surface area contributed by atoms with Crippen molar-refractivity contribution in [3.8, 4) is 0 Å². The number of anilines is 1. The van der Waals surface area contributed by atoms with Crippen molar-refractivity contribution in [1.29, 1.82) is 0 Å². The van der Waals surface area contributed by atoms with E-state index in [1.54, 1.807) is 32.9 Å². The molecule has 0 spiro atoms. The molecule has 2 aliphatic rings. The second-order valence-electron chi connectivity index (χ2n) is 9.11. The van der Waals surface area contributed by atoms with Gasteiger partial charge in [0, 0.05) is 30.2 Å². The van der Waals surface area contributed by atoms with Crippen molar-refractivity contribution in [2.75, 3.05) is 11.9 Å². The summed E-state index contributed by atoms with van der Waals surface area (Å²) in [6, 6.07) is 6.36. The van der Waals surface area contributed by atoms with Crippen molar-refractivity contribution in [3.05, 3.63) is 24.3 Å². The molecule has 3 rings (SSSR count). The Morgan fingerprint density at radius 1 is 1.07 bits per heavy atom. The monoisotopic (exact) mass is 421 g/mol. The summed E-state index contributed by atoms with van der Waals surface area (Å²) >= 11 is 0. The second kappa shape index (κ2) is 8.44. The molecule has 1 aromatic rings. The van der Waals surface area contributed by atoms with Crippen LogP contribution in [0.2, 0.25) is 0 Å². The lowest BCUT2D eigenvalue weighted by Gasteiger charge is -2.31. The van der Waals surface area contributed by atoms with Gasteiger partial charge in [0.2, 0.25) is 21.8 Å². The lowest BCUT2D eigenvalue weighted by atomic mass is 9.94. The topological polar surface area (TPSA) is 95.6 Å². The van der Waals surface area contributed by atoms with Crippen LogP contribution >= 0.6 is 0 Å². The molecule has 2 N–H and O–H groups in total. The number of likely N-dealkylation sites (tertiary alicyclic amines) is 1. The highest BCUT2D eigenvalue weighted by atomic mass is 32.2. The van der Waals surface area contributed by atoms with E-state index in [1.807, 2.05) is 4.90 Å². The first-order chi connectivity index (χ1) is 13.5. The Kier molecular flexibility index (Phi) is 6.33. The highest BCUT2D eigenvalue weighted by Gasteiger charge is 2.38. The van der Waals surface area contributed by atoms with Gasteiger partial charge in [-0.2, -0.15) is 0 Å². The molecule has 8 heteroatoms. The summed E-state index contributed by atoms with van der Waals surface area (Å²) in [7, 11) is -3.62. The first-order valence-corrected chi connectivity index (χ1v) is 11.8. The molecule has 29 heavy (non-hydrogen) atoms. The summed E-state index contributed by atoms with van der Waals surface area (Å²) in [4.78, 5) is 27.0. The molecule has 0 bridgehead atoms. The maximum Gasteiger partial charge on any atom is 0.241 e. The van der Waals surface area contributed by atoms with Gasteiger partial charge >= 0.3 is 0 Å². The van der Waals surface area contributed by atoms with Crippen molar-refractivity contribution in [2.45, 2.75) is 75.8 Å². The molecular weight excluding hydrogens is 390 g/mol. The smallest absolute Gasteiger partial charge is 0.241 e. The van der Waals surface area contributed by atoms with Crippen LogP contribution in [0.1, 0.15) is 59.3 Å². The third-order valence-electron chi connectivity index (χ3n) is 5.42. The van der Waals surface area contributed by atoms with E-state index < -0.39 is 15.6 Å². The van der Waals surface area contributed by atoms with Crippen LogP contribution in [-0.4, -0.2) is 43.3 Å². The summed E-state index contributed by atoms with van der Waals surface area (Å²) < 4.78 is 27.3. The van der Waals surface area contributed by atoms with Gasteiger partial charge in [0.1, 0.15) is 0 Å². The van der Waals surface area contributed by atoms with Gasteiger partial charge in [-0.05, 0) is 57.9 Å². The van der Waals surface area contributed by atoms with E-state index in [-0.39, 0.29) is 35.1 Å². The Balaban J connectivity index is 1.60. The van der Waals surface area contributed by atoms with Crippen LogP contribution in [0.4, 0.5) is 5.69 Å². The third-order valence-corrected chi connectivity index (χ3v) is 7.19. The number of sulfonamides is 1. The van der Waals surface area contributed by atoms with Crippen LogP contribution in [0, 0.1) is 5.92 Å². The normalized spacial score (nSPS) is 21.4. The summed E-state index contributed by atoms with van der Waals surface area (Å²) in [6.07, 6.45) is 5.80. The number of nitrogens with zero attached hydrogens (tertiary/aromatic N) is 1. The van der Waals surface area contributed by atoms with Crippen molar-refractivity contribution < 1.29 is 18.0 Å². The quantitative estimate of drug-likeness (QED) is 0.764. The van der Waals surface area contributed by atoms with E-state index in [0.29, 0.717) is 12.2 Å². The molecule has 2 fully saturated rings. The number of rotatable bonds is 5. The largest absolute Gasteiger partial charge is 0.339 e. The molecule has 7 nitrogen and oxygen atoms in total. The van der Waals surface area contributed by atoms with E-state index in [1.165, 1.54) is 18.6 Å². The van der Waals surface area contributed by atoms with Crippen LogP contribution in [0.25, 0.3) is 0 Å². The Labute approximate surface area is 173 Å². The van der Waals surface area contributed by atoms with Gasteiger partial charge in [0.25, 0.3) is 0 Å². The van der Waals surface area contributed by atoms with Crippen LogP contribution < -0.4 is 10.0 Å². The summed E-state index contributed by atoms with van der Waals surface area (Å²) in [5, 5.41) is 2.82. The predicted molar refractivity (Wildman–Crippen MR) is 112 cm³/mol. The van der Waals surface area contributed by atoms with Crippen molar-refractivity contribution in [2.24, 2.45) is 5.92 Å². The fourth-order valence-electron chi connectivity index (χ4n) is 4.08. The van der Waals surface area contributed by atoms with E-state index in [2.05, 4.69) is 10.0 Å². The molecule has 1 aliphatic heterocycles. The molecule has 1 aromatic carbocycles. The highest BCUT2D eigenvalue weighted by Crippen LogP contribution is 2.29. The minimum atomic E-state index is -3.62. The second-order valence-corrected chi connectivity index (χ2v) is 10.8. The number of benzene rings is 1. The first-order valence-electron chi connectivity index (χ1n) is 10.3. The molecule has 1 saturated carbocycles. The number of nitrogens with one attached hydrogen (secondary N) is 2. The Bertz CT molecular complexity index is 853. The van der Waals surface area contributed by atoms with Gasteiger partial charge in [-0.25, -0.2) is 13.1 Å². The number of carbonyl (C=O) groups excluding carboxylic acids is 2. The van der Waals surface area contributed by atoms with Gasteiger partial charge in [-0.15, -0.1) is 0 Å². The summed E-state index contributed by atoms with van der Waals surface area (Å²) in [6.45, 7) is 5.80. The van der Waals surface area contributed by atoms with Gasteiger partial charge in [0.15, 0.2) is 0 Å². The van der Waals surface area contributed by atoms with Gasteiger partial charge in [0.05, 0.1) is 10.8 Å². The average Bonchev–Trinajstić information content (AvgIpc) is 3.03. The Morgan fingerprint density at radius 3 is 2.28 bits per heavy atom. The molecule has 1 saturated heterocycles. The first kappa shape index (κ1) is 21.8. The standard InChI is InChI=1S/C21H31N3O4S/c1-21(2,3)23-29(27,28)18-11-9-16(10-12-18)22-20(26)15-13-19(25)24(14-15)17-7-5-4-6-8-17/h9-12,15,17,23H,4-8,13-14H2,1-3H3,(H,22,26)/t15-/m0/s1. The van der Waals surface area contributed by atoms with Crippen LogP contribution in [0.15, 0.2) is 29.2 Å². The molecule has 1 heterocycles. The van der Waals surface area contributed by atoms with Crippen LogP contribution in [0.5, 0.6) is 0 Å². The fraction of sp³-hybridized carbons (Fsp3) is 0.619. The predicted octanol–water partition coefficient (Wildman–Crippen LogP) is 2.88. The molecule has 160 valence electrons. The molecular formula is C21H31N3O4S. The molecule has 0 aromatic heterocycles. The Morgan fingerprint density at radius 2 is 1.69 bits per heavy atom. The lowest BCUT2D eigenvalue weighted by molar-refractivity contribution is -0.130. The van der Waals surface area contributed by atoms with Crippen LogP contribution in [-0.2, 0) is 19.6 Å². The zero-order valence-corrected chi connectivity index (χ0v) is 18.2. The molecule has 1 aliphatic carbocycles. The SMILES string of the molecule is CC(C)(C)NS(=O)(=O)c1ccc(NC(=O)[C@H]2CC(=O)N(C3CCCCC3)C2)cc1. The lowest BCUT2D eigenvalue weighted by Crippen LogP contribution is -2.40. The molecule has 0 unspecified atom stereocenters. The fourth-order valence-corrected chi connectivity index (χ4v) is 5.50. The van der Waals surface area contributed by atoms with E-state index in [9.17, 15) is 18.0 Å². The number of hydrogen-bond acceptors (Lipinski definition) is 4. The van der Waals surface area contributed by atoms with Crippen molar-refractivity contribution in [3.63, 3.8) is 0 Å². The van der Waals surface area contributed by atoms with Crippen LogP contribution in [0.3, 0.4) is 0 Å². The molecule has 1 atom stereocenters. The molecule has 0 radical (unpaired) electrons. The van der Waals surface area contributed by atoms with E-state index in [0.717, 1.165) is 25.7 Å². The average molecular weight is 422 g/mol. The summed E-state index contributed by atoms with van der Waals surface area (Å²) in [5.74, 6) is -0.498. The molecule has 2 amide bonds. The minimum Gasteiger partial charge on any atom is -0.339 e. The third kappa shape index (κ3) is 5.57. The van der Waals surface area contributed by atoms with Gasteiger partial charge in [-0.1, -0.05) is 19.3 Å². The maximum atomic E-state index is 12.6. The number of amides is 2. The summed E-state index contributed by atoms with van der Waals surface area (Å²) in [5.41, 5.74) is -0.0569. The van der Waals surface area contributed by atoms with Crippen molar-refractivity contribution in [1.82, 2.24) is 9.62 Å². The van der Waals surface area contributed by atoms with E-state index >= 15 is 0 Å². The van der Waals surface area contributed by atoms with Gasteiger partial charge in [-0.3, -0.25) is 9.59 Å². The zero-order chi connectivity index (χ0) is 21.2. The maximum absolute atomic E-state index is 12.6. The zero-order valence-electron chi connectivity index (χ0n) is 17.4.